The zero-order chi connectivity index (χ0) is 19.3. The molecule has 0 saturated carbocycles. The van der Waals surface area contributed by atoms with Crippen LogP contribution in [0.1, 0.15) is 29.3 Å². The highest BCUT2D eigenvalue weighted by atomic mass is 16.6. The molecular formula is C22H23N3O3. The van der Waals surface area contributed by atoms with Gasteiger partial charge in [0.15, 0.2) is 11.5 Å². The summed E-state index contributed by atoms with van der Waals surface area (Å²) in [5.41, 5.74) is 3.29. The van der Waals surface area contributed by atoms with Crippen molar-refractivity contribution in [3.05, 3.63) is 65.9 Å². The van der Waals surface area contributed by atoms with E-state index in [-0.39, 0.29) is 11.9 Å². The van der Waals surface area contributed by atoms with Crippen LogP contribution in [0.25, 0.3) is 11.3 Å². The summed E-state index contributed by atoms with van der Waals surface area (Å²) in [5, 5.41) is 10.1. The van der Waals surface area contributed by atoms with Crippen molar-refractivity contribution in [3.8, 4) is 22.8 Å². The number of hydrogen-bond acceptors (Lipinski definition) is 4. The zero-order valence-corrected chi connectivity index (χ0v) is 15.8. The van der Waals surface area contributed by atoms with Gasteiger partial charge >= 0.3 is 0 Å². The molecule has 0 aliphatic carbocycles. The van der Waals surface area contributed by atoms with E-state index in [0.29, 0.717) is 30.2 Å². The minimum Gasteiger partial charge on any atom is -0.486 e. The Hall–Kier alpha value is -3.28. The van der Waals surface area contributed by atoms with Gasteiger partial charge < -0.3 is 14.8 Å². The van der Waals surface area contributed by atoms with Crippen molar-refractivity contribution in [1.82, 2.24) is 15.5 Å². The zero-order valence-electron chi connectivity index (χ0n) is 15.8. The fourth-order valence-corrected chi connectivity index (χ4v) is 3.28. The molecule has 1 amide bonds. The number of aromatic nitrogens is 2. The van der Waals surface area contributed by atoms with Crippen LogP contribution in [-0.4, -0.2) is 35.4 Å². The second kappa shape index (κ2) is 8.17. The first-order chi connectivity index (χ1) is 13.7. The van der Waals surface area contributed by atoms with Crippen LogP contribution < -0.4 is 14.8 Å². The highest BCUT2D eigenvalue weighted by Crippen LogP contribution is 2.34. The molecule has 2 N–H and O–H groups in total. The summed E-state index contributed by atoms with van der Waals surface area (Å²) in [6, 6.07) is 16.0. The summed E-state index contributed by atoms with van der Waals surface area (Å²) < 4.78 is 11.2. The maximum Gasteiger partial charge on any atom is 0.255 e. The SMILES string of the molecule is CC(CCc1ccccc1)NC(=O)c1cn[nH]c1-c1ccc2c(c1)OCCO2. The van der Waals surface area contributed by atoms with Crippen molar-refractivity contribution in [1.29, 1.82) is 0 Å². The molecule has 1 aromatic heterocycles. The summed E-state index contributed by atoms with van der Waals surface area (Å²) in [6.45, 7) is 3.08. The maximum absolute atomic E-state index is 12.8. The van der Waals surface area contributed by atoms with Crippen LogP contribution >= 0.6 is 0 Å². The normalized spacial score (nSPS) is 13.8. The predicted molar refractivity (Wildman–Crippen MR) is 107 cm³/mol. The summed E-state index contributed by atoms with van der Waals surface area (Å²) in [6.07, 6.45) is 3.35. The van der Waals surface area contributed by atoms with Gasteiger partial charge in [-0.25, -0.2) is 0 Å². The number of hydrogen-bond donors (Lipinski definition) is 2. The van der Waals surface area contributed by atoms with Crippen LogP contribution in [0.5, 0.6) is 11.5 Å². The third-order valence-electron chi connectivity index (χ3n) is 4.80. The van der Waals surface area contributed by atoms with E-state index in [1.165, 1.54) is 5.56 Å². The number of ether oxygens (including phenoxy) is 2. The van der Waals surface area contributed by atoms with E-state index in [1.807, 2.05) is 43.3 Å². The molecule has 28 heavy (non-hydrogen) atoms. The second-order valence-electron chi connectivity index (χ2n) is 6.92. The number of carbonyl (C=O) groups excluding carboxylic acids is 1. The molecule has 2 aromatic carbocycles. The van der Waals surface area contributed by atoms with E-state index in [1.54, 1.807) is 6.20 Å². The van der Waals surface area contributed by atoms with E-state index >= 15 is 0 Å². The number of H-pyrrole nitrogens is 1. The van der Waals surface area contributed by atoms with Gasteiger partial charge in [0.25, 0.3) is 5.91 Å². The molecule has 4 rings (SSSR count). The largest absolute Gasteiger partial charge is 0.486 e. The number of benzene rings is 2. The Balaban J connectivity index is 1.44. The first-order valence-corrected chi connectivity index (χ1v) is 9.49. The van der Waals surface area contributed by atoms with Crippen LogP contribution in [0.2, 0.25) is 0 Å². The summed E-state index contributed by atoms with van der Waals surface area (Å²) in [5.74, 6) is 1.26. The predicted octanol–water partition coefficient (Wildman–Crippen LogP) is 3.60. The molecule has 6 heteroatoms. The van der Waals surface area contributed by atoms with Crippen LogP contribution in [0.4, 0.5) is 0 Å². The average molecular weight is 377 g/mol. The number of fused-ring (bicyclic) bond motifs is 1. The van der Waals surface area contributed by atoms with Crippen LogP contribution in [-0.2, 0) is 6.42 Å². The molecular weight excluding hydrogens is 354 g/mol. The van der Waals surface area contributed by atoms with Gasteiger partial charge in [0.05, 0.1) is 17.5 Å². The molecule has 6 nitrogen and oxygen atoms in total. The number of nitrogens with zero attached hydrogens (tertiary/aromatic N) is 1. The lowest BCUT2D eigenvalue weighted by molar-refractivity contribution is 0.0939. The van der Waals surface area contributed by atoms with Gasteiger partial charge in [-0.05, 0) is 43.5 Å². The quantitative estimate of drug-likeness (QED) is 0.688. The second-order valence-corrected chi connectivity index (χ2v) is 6.92. The minimum absolute atomic E-state index is 0.0516. The summed E-state index contributed by atoms with van der Waals surface area (Å²) >= 11 is 0. The van der Waals surface area contributed by atoms with Gasteiger partial charge in [-0.3, -0.25) is 9.89 Å². The molecule has 0 fully saturated rings. The Morgan fingerprint density at radius 1 is 1.14 bits per heavy atom. The van der Waals surface area contributed by atoms with Crippen molar-refractivity contribution >= 4 is 5.91 Å². The van der Waals surface area contributed by atoms with Crippen molar-refractivity contribution < 1.29 is 14.3 Å². The topological polar surface area (TPSA) is 76.2 Å². The fourth-order valence-electron chi connectivity index (χ4n) is 3.28. The number of amides is 1. The van der Waals surface area contributed by atoms with Crippen molar-refractivity contribution in [2.75, 3.05) is 13.2 Å². The van der Waals surface area contributed by atoms with Gasteiger partial charge in [-0.2, -0.15) is 5.10 Å². The van der Waals surface area contributed by atoms with Crippen molar-refractivity contribution in [2.24, 2.45) is 0 Å². The van der Waals surface area contributed by atoms with Gasteiger partial charge in [-0.1, -0.05) is 30.3 Å². The highest BCUT2D eigenvalue weighted by Gasteiger charge is 2.19. The first kappa shape index (κ1) is 18.1. The van der Waals surface area contributed by atoms with Crippen LogP contribution in [0.15, 0.2) is 54.7 Å². The molecule has 144 valence electrons. The monoisotopic (exact) mass is 377 g/mol. The van der Waals surface area contributed by atoms with Gasteiger partial charge in [-0.15, -0.1) is 0 Å². The van der Waals surface area contributed by atoms with E-state index in [4.69, 9.17) is 9.47 Å². The van der Waals surface area contributed by atoms with Gasteiger partial charge in [0.2, 0.25) is 0 Å². The third-order valence-corrected chi connectivity index (χ3v) is 4.80. The Morgan fingerprint density at radius 2 is 1.93 bits per heavy atom. The van der Waals surface area contributed by atoms with E-state index < -0.39 is 0 Å². The van der Waals surface area contributed by atoms with Crippen molar-refractivity contribution in [2.45, 2.75) is 25.8 Å². The van der Waals surface area contributed by atoms with Gasteiger partial charge in [0.1, 0.15) is 13.2 Å². The molecule has 0 spiro atoms. The van der Waals surface area contributed by atoms with E-state index in [2.05, 4.69) is 27.6 Å². The van der Waals surface area contributed by atoms with Crippen LogP contribution in [0.3, 0.4) is 0 Å². The fraction of sp³-hybridized carbons (Fsp3) is 0.273. The van der Waals surface area contributed by atoms with Gasteiger partial charge in [0, 0.05) is 11.6 Å². The molecule has 1 aliphatic heterocycles. The molecule has 0 bridgehead atoms. The molecule has 3 aromatic rings. The molecule has 1 aliphatic rings. The Kier molecular flexibility index (Phi) is 5.28. The lowest BCUT2D eigenvalue weighted by Gasteiger charge is -2.19. The van der Waals surface area contributed by atoms with Crippen LogP contribution in [0, 0.1) is 0 Å². The maximum atomic E-state index is 12.8. The lowest BCUT2D eigenvalue weighted by Crippen LogP contribution is -2.33. The molecule has 0 saturated heterocycles. The standard InChI is InChI=1S/C22H23N3O3/c1-15(7-8-16-5-3-2-4-6-16)24-22(26)18-14-23-25-21(18)17-9-10-19-20(13-17)28-12-11-27-19/h2-6,9-10,13-15H,7-8,11-12H2,1H3,(H,23,25)(H,24,26). The Bertz CT molecular complexity index is 953. The molecule has 1 atom stereocenters. The molecule has 2 heterocycles. The number of rotatable bonds is 6. The summed E-state index contributed by atoms with van der Waals surface area (Å²) in [7, 11) is 0. The number of aryl methyl sites for hydroxylation is 1. The van der Waals surface area contributed by atoms with E-state index in [9.17, 15) is 4.79 Å². The number of aromatic amines is 1. The first-order valence-electron chi connectivity index (χ1n) is 9.49. The summed E-state index contributed by atoms with van der Waals surface area (Å²) in [4.78, 5) is 12.8. The lowest BCUT2D eigenvalue weighted by atomic mass is 10.0. The molecule has 1 unspecified atom stereocenters. The highest BCUT2D eigenvalue weighted by molar-refractivity contribution is 6.00. The van der Waals surface area contributed by atoms with E-state index in [0.717, 1.165) is 24.2 Å². The minimum atomic E-state index is -0.140. The smallest absolute Gasteiger partial charge is 0.255 e. The Morgan fingerprint density at radius 3 is 2.75 bits per heavy atom. The average Bonchev–Trinajstić information content (AvgIpc) is 3.23. The Labute approximate surface area is 163 Å². The number of nitrogens with one attached hydrogen (secondary N) is 2. The van der Waals surface area contributed by atoms with Crippen molar-refractivity contribution in [3.63, 3.8) is 0 Å². The number of carbonyl (C=O) groups is 1. The third kappa shape index (κ3) is 4.01. The molecule has 0 radical (unpaired) electrons.